The highest BCUT2D eigenvalue weighted by Crippen LogP contribution is 2.40. The first-order chi connectivity index (χ1) is 15.5. The molecule has 34 heavy (non-hydrogen) atoms. The van der Waals surface area contributed by atoms with Gasteiger partial charge in [-0.05, 0) is 76.4 Å². The van der Waals surface area contributed by atoms with Gasteiger partial charge in [-0.1, -0.05) is 39.3 Å². The highest BCUT2D eigenvalue weighted by atomic mass is 35.5. The minimum Gasteiger partial charge on any atom is -0.444 e. The predicted octanol–water partition coefficient (Wildman–Crippen LogP) is 7.11. The Bertz CT molecular complexity index is 931. The van der Waals surface area contributed by atoms with E-state index in [0.717, 1.165) is 24.1 Å². The second kappa shape index (κ2) is 10.5. The lowest BCUT2D eigenvalue weighted by Gasteiger charge is -2.42. The van der Waals surface area contributed by atoms with Crippen LogP contribution in [-0.2, 0) is 9.16 Å². The van der Waals surface area contributed by atoms with Crippen LogP contribution < -0.4 is 5.32 Å². The Morgan fingerprint density at radius 2 is 1.91 bits per heavy atom. The molecule has 1 aromatic rings. The van der Waals surface area contributed by atoms with Gasteiger partial charge in [0.1, 0.15) is 11.7 Å². The third-order valence-corrected chi connectivity index (χ3v) is 12.0. The molecule has 3 atom stereocenters. The summed E-state index contributed by atoms with van der Waals surface area (Å²) in [5.74, 6) is 0. The number of rotatable bonds is 6. The molecule has 0 aromatic heterocycles. The van der Waals surface area contributed by atoms with Gasteiger partial charge in [-0.2, -0.15) is 5.26 Å². The summed E-state index contributed by atoms with van der Waals surface area (Å²) in [4.78, 5) is 15.1. The third-order valence-electron chi connectivity index (χ3n) is 6.98. The van der Waals surface area contributed by atoms with Crippen LogP contribution in [0.4, 0.5) is 10.5 Å². The Morgan fingerprint density at radius 3 is 2.41 bits per heavy atom. The lowest BCUT2D eigenvalue weighted by atomic mass is 9.99. The topological polar surface area (TPSA) is 74.6 Å². The second-order valence-electron chi connectivity index (χ2n) is 11.7. The van der Waals surface area contributed by atoms with Crippen LogP contribution in [0.1, 0.15) is 72.4 Å². The normalized spacial score (nSPS) is 20.1. The summed E-state index contributed by atoms with van der Waals surface area (Å²) in [6.07, 6.45) is 1.13. The molecular formula is C26H42ClN3O3Si. The molecule has 1 saturated heterocycles. The van der Waals surface area contributed by atoms with Crippen LogP contribution in [0.2, 0.25) is 23.2 Å². The van der Waals surface area contributed by atoms with Crippen molar-refractivity contribution in [3.63, 3.8) is 0 Å². The first-order valence-corrected chi connectivity index (χ1v) is 15.4. The van der Waals surface area contributed by atoms with Crippen molar-refractivity contribution in [1.82, 2.24) is 4.90 Å². The molecule has 0 spiro atoms. The van der Waals surface area contributed by atoms with Gasteiger partial charge in [-0.3, -0.25) is 0 Å². The Labute approximate surface area is 212 Å². The Balaban J connectivity index is 2.44. The monoisotopic (exact) mass is 507 g/mol. The van der Waals surface area contributed by atoms with Gasteiger partial charge in [0.15, 0.2) is 8.32 Å². The first kappa shape index (κ1) is 28.5. The number of halogens is 1. The van der Waals surface area contributed by atoms with E-state index in [-0.39, 0.29) is 29.3 Å². The van der Waals surface area contributed by atoms with E-state index in [2.05, 4.69) is 52.2 Å². The molecule has 1 heterocycles. The number of hydrogen-bond donors (Lipinski definition) is 1. The van der Waals surface area contributed by atoms with Gasteiger partial charge >= 0.3 is 6.09 Å². The van der Waals surface area contributed by atoms with E-state index in [4.69, 9.17) is 20.8 Å². The predicted molar refractivity (Wildman–Crippen MR) is 142 cm³/mol. The fraction of sp³-hybridized carbons (Fsp3) is 0.692. The van der Waals surface area contributed by atoms with Crippen molar-refractivity contribution < 1.29 is 14.0 Å². The Kier molecular flexibility index (Phi) is 8.77. The Hall–Kier alpha value is -1.75. The summed E-state index contributed by atoms with van der Waals surface area (Å²) >= 11 is 6.44. The van der Waals surface area contributed by atoms with Crippen molar-refractivity contribution in [2.24, 2.45) is 0 Å². The number of amides is 1. The van der Waals surface area contributed by atoms with Crippen LogP contribution in [-0.4, -0.2) is 49.6 Å². The van der Waals surface area contributed by atoms with E-state index in [1.54, 1.807) is 6.07 Å². The molecule has 0 aliphatic carbocycles. The summed E-state index contributed by atoms with van der Waals surface area (Å²) in [6.45, 7) is 21.4. The number of anilines is 1. The number of likely N-dealkylation sites (tertiary alicyclic amines) is 1. The Morgan fingerprint density at radius 1 is 1.29 bits per heavy atom. The molecule has 1 aromatic carbocycles. The molecule has 1 N–H and O–H groups in total. The van der Waals surface area contributed by atoms with Gasteiger partial charge in [0.2, 0.25) is 0 Å². The molecule has 2 rings (SSSR count). The fourth-order valence-electron chi connectivity index (χ4n) is 4.04. The van der Waals surface area contributed by atoms with Gasteiger partial charge in [0.25, 0.3) is 0 Å². The maximum atomic E-state index is 13.2. The molecule has 0 bridgehead atoms. The quantitative estimate of drug-likeness (QED) is 0.415. The first-order valence-electron chi connectivity index (χ1n) is 12.2. The fourth-order valence-corrected chi connectivity index (χ4v) is 5.61. The van der Waals surface area contributed by atoms with Crippen molar-refractivity contribution in [2.75, 3.05) is 11.9 Å². The molecule has 1 aliphatic rings. The van der Waals surface area contributed by atoms with Gasteiger partial charge in [-0.15, -0.1) is 0 Å². The zero-order chi connectivity index (χ0) is 26.1. The van der Waals surface area contributed by atoms with E-state index >= 15 is 0 Å². The standard InChI is InChI=1S/C26H42ClN3O3Si/c1-11-19(29-20-13-12-18(16-28)22(27)17(20)2)23-21(33-34(9,10)26(6,7)8)14-15-30(23)24(31)32-25(3,4)5/h12-13,19,21,23,29H,11,14-15H2,1-10H3/t19-,21+,23-/m1/s1. The molecule has 0 saturated carbocycles. The third kappa shape index (κ3) is 6.47. The molecule has 190 valence electrons. The number of hydrogen-bond acceptors (Lipinski definition) is 5. The van der Waals surface area contributed by atoms with Gasteiger partial charge in [-0.25, -0.2) is 4.79 Å². The maximum Gasteiger partial charge on any atom is 0.410 e. The molecule has 1 aliphatic heterocycles. The van der Waals surface area contributed by atoms with Crippen molar-refractivity contribution in [1.29, 1.82) is 5.26 Å². The summed E-state index contributed by atoms with van der Waals surface area (Å²) in [5.41, 5.74) is 1.56. The number of ether oxygens (including phenoxy) is 1. The van der Waals surface area contributed by atoms with Crippen molar-refractivity contribution in [3.8, 4) is 6.07 Å². The van der Waals surface area contributed by atoms with Crippen molar-refractivity contribution in [3.05, 3.63) is 28.3 Å². The zero-order valence-corrected chi connectivity index (χ0v) is 24.3. The summed E-state index contributed by atoms with van der Waals surface area (Å²) < 4.78 is 12.7. The summed E-state index contributed by atoms with van der Waals surface area (Å²) in [5, 5.41) is 13.4. The molecule has 6 nitrogen and oxygen atoms in total. The van der Waals surface area contributed by atoms with Crippen LogP contribution in [0, 0.1) is 18.3 Å². The minimum atomic E-state index is -2.07. The second-order valence-corrected chi connectivity index (χ2v) is 16.9. The highest BCUT2D eigenvalue weighted by molar-refractivity contribution is 6.74. The minimum absolute atomic E-state index is 0.0588. The van der Waals surface area contributed by atoms with Crippen molar-refractivity contribution >= 4 is 31.7 Å². The van der Waals surface area contributed by atoms with Crippen LogP contribution in [0.15, 0.2) is 12.1 Å². The van der Waals surface area contributed by atoms with Crippen LogP contribution in [0.3, 0.4) is 0 Å². The average molecular weight is 508 g/mol. The number of nitriles is 1. The van der Waals surface area contributed by atoms with E-state index < -0.39 is 13.9 Å². The van der Waals surface area contributed by atoms with E-state index in [1.807, 2.05) is 38.7 Å². The van der Waals surface area contributed by atoms with Gasteiger partial charge < -0.3 is 19.4 Å². The summed E-state index contributed by atoms with van der Waals surface area (Å²) in [6, 6.07) is 5.48. The smallest absolute Gasteiger partial charge is 0.410 e. The molecule has 1 fully saturated rings. The largest absolute Gasteiger partial charge is 0.444 e. The van der Waals surface area contributed by atoms with Crippen LogP contribution in [0.25, 0.3) is 0 Å². The van der Waals surface area contributed by atoms with E-state index in [1.165, 1.54) is 0 Å². The number of nitrogens with one attached hydrogen (secondary N) is 1. The van der Waals surface area contributed by atoms with E-state index in [9.17, 15) is 10.1 Å². The van der Waals surface area contributed by atoms with Crippen LogP contribution in [0.5, 0.6) is 0 Å². The van der Waals surface area contributed by atoms with Gasteiger partial charge in [0, 0.05) is 18.3 Å². The average Bonchev–Trinajstić information content (AvgIpc) is 3.10. The summed E-state index contributed by atoms with van der Waals surface area (Å²) in [7, 11) is -2.07. The van der Waals surface area contributed by atoms with Gasteiger partial charge in [0.05, 0.1) is 22.7 Å². The SMILES string of the molecule is CC[C@@H](Nc1ccc(C#N)c(Cl)c1C)[C@@H]1[C@@H](O[Si](C)(C)C(C)(C)C)CCN1C(=O)OC(C)(C)C. The molecule has 8 heteroatoms. The van der Waals surface area contributed by atoms with Crippen molar-refractivity contribution in [2.45, 2.75) is 110 Å². The maximum absolute atomic E-state index is 13.2. The lowest BCUT2D eigenvalue weighted by molar-refractivity contribution is 0.0138. The molecule has 1 amide bonds. The molecule has 0 unspecified atom stereocenters. The molecule has 0 radical (unpaired) electrons. The number of nitrogens with zero attached hydrogens (tertiary/aromatic N) is 2. The molecular weight excluding hydrogens is 466 g/mol. The number of carbonyl (C=O) groups excluding carboxylic acids is 1. The lowest BCUT2D eigenvalue weighted by Crippen LogP contribution is -2.55. The highest BCUT2D eigenvalue weighted by Gasteiger charge is 2.48. The number of carbonyl (C=O) groups is 1. The van der Waals surface area contributed by atoms with Crippen LogP contribution >= 0.6 is 11.6 Å². The number of benzene rings is 1. The zero-order valence-electron chi connectivity index (χ0n) is 22.5. The van der Waals surface area contributed by atoms with E-state index in [0.29, 0.717) is 17.1 Å².